The van der Waals surface area contributed by atoms with E-state index in [0.29, 0.717) is 25.9 Å². The number of amides is 1. The monoisotopic (exact) mass is 1210 g/mol. The van der Waals surface area contributed by atoms with Crippen molar-refractivity contribution in [2.75, 3.05) is 13.2 Å². The highest BCUT2D eigenvalue weighted by molar-refractivity contribution is 5.76. The number of aliphatic hydroxyl groups excluding tert-OH is 2. The minimum Gasteiger partial charge on any atom is -0.466 e. The molecular formula is C80H155NO5. The average Bonchev–Trinajstić information content (AvgIpc) is 3.53. The Hall–Kier alpha value is -1.66. The summed E-state index contributed by atoms with van der Waals surface area (Å²) in [5.41, 5.74) is 0. The molecule has 0 aliphatic rings. The van der Waals surface area contributed by atoms with Crippen molar-refractivity contribution in [2.45, 2.75) is 463 Å². The first kappa shape index (κ1) is 84.3. The van der Waals surface area contributed by atoms with Crippen molar-refractivity contribution < 1.29 is 24.5 Å². The minimum atomic E-state index is -0.663. The van der Waals surface area contributed by atoms with Crippen molar-refractivity contribution >= 4 is 11.9 Å². The number of ether oxygens (including phenoxy) is 1. The number of carbonyl (C=O) groups excluding carboxylic acids is 2. The lowest BCUT2D eigenvalue weighted by Crippen LogP contribution is -2.45. The summed E-state index contributed by atoms with van der Waals surface area (Å²) in [6.45, 7) is 4.98. The molecule has 0 aliphatic heterocycles. The molecule has 0 aliphatic carbocycles. The molecule has 2 unspecified atom stereocenters. The van der Waals surface area contributed by atoms with E-state index in [9.17, 15) is 19.8 Å². The van der Waals surface area contributed by atoms with E-state index in [1.807, 2.05) is 0 Å². The third-order valence-corrected chi connectivity index (χ3v) is 18.8. The topological polar surface area (TPSA) is 95.9 Å². The normalized spacial score (nSPS) is 12.6. The van der Waals surface area contributed by atoms with Gasteiger partial charge in [-0.1, -0.05) is 404 Å². The molecule has 510 valence electrons. The Kier molecular flexibility index (Phi) is 74.3. The van der Waals surface area contributed by atoms with E-state index >= 15 is 0 Å². The van der Waals surface area contributed by atoms with Crippen molar-refractivity contribution in [1.29, 1.82) is 0 Å². The average molecular weight is 1210 g/mol. The van der Waals surface area contributed by atoms with Crippen LogP contribution in [0.5, 0.6) is 0 Å². The largest absolute Gasteiger partial charge is 0.466 e. The number of carbonyl (C=O) groups is 2. The Morgan fingerprint density at radius 1 is 0.326 bits per heavy atom. The second-order valence-electron chi connectivity index (χ2n) is 27.4. The van der Waals surface area contributed by atoms with E-state index in [4.69, 9.17) is 4.74 Å². The molecule has 0 heterocycles. The molecule has 0 aromatic carbocycles. The SMILES string of the molecule is CCCCCC/C=C\C/C=C\CCCCCCCC(=O)OCCCCCCCCCCCCCCCCCCCCCCCCCCCCCCCCC(=O)NC(CO)C(O)CCCCCCCCCCCCCCCCCCCCCCCCC. The van der Waals surface area contributed by atoms with Gasteiger partial charge in [-0.2, -0.15) is 0 Å². The van der Waals surface area contributed by atoms with Crippen LogP contribution in [0, 0.1) is 0 Å². The first-order chi connectivity index (χ1) is 42.5. The predicted octanol–water partition coefficient (Wildman–Crippen LogP) is 26.0. The standard InChI is InChI=1S/C80H155NO5/c1-3-5-7-9-11-13-15-17-19-21-22-23-32-35-38-41-44-48-52-56-60-64-68-72-78(83)77(76-82)81-79(84)73-69-65-61-57-53-49-45-42-39-36-33-30-28-26-24-25-27-29-31-34-37-40-43-47-51-55-59-63-67-71-75-86-80(85)74-70-66-62-58-54-50-46-20-18-16-14-12-10-8-6-4-2/h14,16,20,46,77-78,82-83H,3-13,15,17-19,21-45,47-76H2,1-2H3,(H,81,84)/b16-14-,46-20-. The second kappa shape index (κ2) is 75.8. The third kappa shape index (κ3) is 71.4. The zero-order chi connectivity index (χ0) is 62.0. The summed E-state index contributed by atoms with van der Waals surface area (Å²) in [6.07, 6.45) is 96.9. The zero-order valence-electron chi connectivity index (χ0n) is 58.6. The molecule has 86 heavy (non-hydrogen) atoms. The number of hydrogen-bond acceptors (Lipinski definition) is 5. The molecule has 0 rings (SSSR count). The second-order valence-corrected chi connectivity index (χ2v) is 27.4. The van der Waals surface area contributed by atoms with E-state index < -0.39 is 12.1 Å². The first-order valence-corrected chi connectivity index (χ1v) is 39.6. The highest BCUT2D eigenvalue weighted by Crippen LogP contribution is 2.20. The summed E-state index contributed by atoms with van der Waals surface area (Å²) in [6, 6.07) is -0.540. The summed E-state index contributed by atoms with van der Waals surface area (Å²) < 4.78 is 5.50. The molecule has 6 nitrogen and oxygen atoms in total. The maximum atomic E-state index is 12.6. The molecule has 0 radical (unpaired) electrons. The van der Waals surface area contributed by atoms with E-state index in [1.165, 1.54) is 366 Å². The molecule has 0 aromatic rings. The van der Waals surface area contributed by atoms with Crippen LogP contribution in [0.1, 0.15) is 450 Å². The van der Waals surface area contributed by atoms with Crippen LogP contribution in [-0.2, 0) is 14.3 Å². The van der Waals surface area contributed by atoms with Crippen LogP contribution in [0.25, 0.3) is 0 Å². The molecule has 3 N–H and O–H groups in total. The van der Waals surface area contributed by atoms with Gasteiger partial charge in [-0.15, -0.1) is 0 Å². The Morgan fingerprint density at radius 2 is 0.581 bits per heavy atom. The maximum Gasteiger partial charge on any atom is 0.305 e. The van der Waals surface area contributed by atoms with Crippen molar-refractivity contribution in [1.82, 2.24) is 5.32 Å². The van der Waals surface area contributed by atoms with Gasteiger partial charge in [0.05, 0.1) is 25.4 Å². The molecule has 0 fully saturated rings. The Bertz CT molecular complexity index is 1350. The van der Waals surface area contributed by atoms with Gasteiger partial charge in [-0.3, -0.25) is 9.59 Å². The summed E-state index contributed by atoms with van der Waals surface area (Å²) in [7, 11) is 0. The lowest BCUT2D eigenvalue weighted by Gasteiger charge is -2.22. The lowest BCUT2D eigenvalue weighted by molar-refractivity contribution is -0.143. The van der Waals surface area contributed by atoms with Gasteiger partial charge >= 0.3 is 5.97 Å². The van der Waals surface area contributed by atoms with Gasteiger partial charge in [0, 0.05) is 12.8 Å². The summed E-state index contributed by atoms with van der Waals surface area (Å²) in [4.78, 5) is 24.7. The van der Waals surface area contributed by atoms with E-state index in [1.54, 1.807) is 0 Å². The van der Waals surface area contributed by atoms with Crippen molar-refractivity contribution in [3.8, 4) is 0 Å². The smallest absolute Gasteiger partial charge is 0.305 e. The van der Waals surface area contributed by atoms with Crippen LogP contribution in [0.3, 0.4) is 0 Å². The van der Waals surface area contributed by atoms with Crippen LogP contribution in [-0.4, -0.2) is 47.4 Å². The Balaban J connectivity index is 3.34. The zero-order valence-corrected chi connectivity index (χ0v) is 58.6. The van der Waals surface area contributed by atoms with Crippen molar-refractivity contribution in [2.24, 2.45) is 0 Å². The third-order valence-electron chi connectivity index (χ3n) is 18.8. The van der Waals surface area contributed by atoms with Gasteiger partial charge in [0.25, 0.3) is 0 Å². The molecule has 1 amide bonds. The van der Waals surface area contributed by atoms with Gasteiger partial charge in [-0.25, -0.2) is 0 Å². The predicted molar refractivity (Wildman–Crippen MR) is 380 cm³/mol. The molecule has 0 spiro atoms. The first-order valence-electron chi connectivity index (χ1n) is 39.6. The molecule has 2 atom stereocenters. The fraction of sp³-hybridized carbons (Fsp3) is 0.925. The van der Waals surface area contributed by atoms with E-state index in [2.05, 4.69) is 43.5 Å². The van der Waals surface area contributed by atoms with Crippen LogP contribution in [0.15, 0.2) is 24.3 Å². The number of nitrogens with one attached hydrogen (secondary N) is 1. The lowest BCUT2D eigenvalue weighted by atomic mass is 10.0. The molecule has 6 heteroatoms. The van der Waals surface area contributed by atoms with Crippen molar-refractivity contribution in [3.63, 3.8) is 0 Å². The number of rotatable bonds is 75. The summed E-state index contributed by atoms with van der Waals surface area (Å²) in [5, 5.41) is 23.5. The summed E-state index contributed by atoms with van der Waals surface area (Å²) in [5.74, 6) is -0.0179. The Labute approximate surface area is 539 Å². The molecule has 0 bridgehead atoms. The number of aliphatic hydroxyl groups is 2. The molecule has 0 saturated heterocycles. The van der Waals surface area contributed by atoms with Gasteiger partial charge in [0.15, 0.2) is 0 Å². The number of unbranched alkanes of at least 4 members (excludes halogenated alkanes) is 60. The molecule has 0 aromatic heterocycles. The molecule has 0 saturated carbocycles. The number of allylic oxidation sites excluding steroid dienone is 4. The number of hydrogen-bond donors (Lipinski definition) is 3. The van der Waals surface area contributed by atoms with Crippen LogP contribution < -0.4 is 5.32 Å². The molecular weight excluding hydrogens is 1050 g/mol. The quantitative estimate of drug-likeness (QED) is 0.0320. The maximum absolute atomic E-state index is 12.6. The fourth-order valence-corrected chi connectivity index (χ4v) is 12.7. The van der Waals surface area contributed by atoms with Crippen LogP contribution >= 0.6 is 0 Å². The van der Waals surface area contributed by atoms with Crippen molar-refractivity contribution in [3.05, 3.63) is 24.3 Å². The minimum absolute atomic E-state index is 0.00766. The highest BCUT2D eigenvalue weighted by Gasteiger charge is 2.20. The van der Waals surface area contributed by atoms with E-state index in [-0.39, 0.29) is 18.5 Å². The highest BCUT2D eigenvalue weighted by atomic mass is 16.5. The fourth-order valence-electron chi connectivity index (χ4n) is 12.7. The van der Waals surface area contributed by atoms with Gasteiger partial charge in [0.2, 0.25) is 5.91 Å². The van der Waals surface area contributed by atoms with Gasteiger partial charge in [0.1, 0.15) is 0 Å². The number of esters is 1. The summed E-state index contributed by atoms with van der Waals surface area (Å²) >= 11 is 0. The van der Waals surface area contributed by atoms with E-state index in [0.717, 1.165) is 51.4 Å². The Morgan fingerprint density at radius 3 is 0.895 bits per heavy atom. The van der Waals surface area contributed by atoms with Gasteiger partial charge < -0.3 is 20.3 Å². The van der Waals surface area contributed by atoms with Crippen LogP contribution in [0.4, 0.5) is 0 Å². The van der Waals surface area contributed by atoms with Gasteiger partial charge in [-0.05, 0) is 57.8 Å². The van der Waals surface area contributed by atoms with Crippen LogP contribution in [0.2, 0.25) is 0 Å².